The number of nitrogens with one attached hydrogen (secondary N) is 1. The molecule has 2 unspecified atom stereocenters. The fourth-order valence-electron chi connectivity index (χ4n) is 3.95. The van der Waals surface area contributed by atoms with Crippen LogP contribution in [0.15, 0.2) is 30.3 Å². The summed E-state index contributed by atoms with van der Waals surface area (Å²) in [5.74, 6) is 1.82. The highest BCUT2D eigenvalue weighted by molar-refractivity contribution is 6.35. The van der Waals surface area contributed by atoms with E-state index >= 15 is 0 Å². The molecule has 3 heterocycles. The number of rotatable bonds is 1. The lowest BCUT2D eigenvalue weighted by Gasteiger charge is -2.50. The number of hydrogen-bond donors (Lipinski definition) is 1. The van der Waals surface area contributed by atoms with Crippen LogP contribution in [0.5, 0.6) is 17.2 Å². The normalized spacial score (nSPS) is 25.4. The van der Waals surface area contributed by atoms with Crippen molar-refractivity contribution < 1.29 is 19.0 Å². The third kappa shape index (κ3) is 2.58. The highest BCUT2D eigenvalue weighted by Gasteiger charge is 2.50. The zero-order valence-corrected chi connectivity index (χ0v) is 15.9. The number of carbonyl (C=O) groups is 1. The molecule has 2 bridgehead atoms. The molecule has 6 nitrogen and oxygen atoms in total. The van der Waals surface area contributed by atoms with E-state index in [-0.39, 0.29) is 12.1 Å². The molecular formula is C19H16Cl2N2O4. The maximum Gasteiger partial charge on any atom is 0.325 e. The molecular weight excluding hydrogens is 391 g/mol. The van der Waals surface area contributed by atoms with E-state index in [4.69, 9.17) is 37.4 Å². The summed E-state index contributed by atoms with van der Waals surface area (Å²) in [6, 6.07) is 8.36. The fourth-order valence-corrected chi connectivity index (χ4v) is 4.50. The van der Waals surface area contributed by atoms with Crippen molar-refractivity contribution in [3.8, 4) is 17.2 Å². The zero-order chi connectivity index (χ0) is 18.8. The summed E-state index contributed by atoms with van der Waals surface area (Å²) in [6.07, 6.45) is 0.552. The van der Waals surface area contributed by atoms with Gasteiger partial charge in [-0.25, -0.2) is 4.79 Å². The van der Waals surface area contributed by atoms with E-state index in [2.05, 4.69) is 5.32 Å². The van der Waals surface area contributed by atoms with Gasteiger partial charge in [-0.05, 0) is 31.2 Å². The molecule has 2 aromatic rings. The Morgan fingerprint density at radius 2 is 1.93 bits per heavy atom. The van der Waals surface area contributed by atoms with Crippen LogP contribution in [-0.4, -0.2) is 25.0 Å². The number of hydrogen-bond acceptors (Lipinski definition) is 4. The molecule has 0 aliphatic carbocycles. The Labute approximate surface area is 165 Å². The van der Waals surface area contributed by atoms with Gasteiger partial charge in [0.15, 0.2) is 17.2 Å². The van der Waals surface area contributed by atoms with Gasteiger partial charge in [-0.1, -0.05) is 23.2 Å². The SMILES string of the molecule is CC12CC(NC(=O)N1c1ccc3c(c1)OCCO3)c1cc(Cl)cc(Cl)c1O2. The molecule has 0 aromatic heterocycles. The molecule has 0 saturated carbocycles. The van der Waals surface area contributed by atoms with Crippen molar-refractivity contribution >= 4 is 34.9 Å². The number of amides is 2. The number of urea groups is 1. The Kier molecular flexibility index (Phi) is 3.64. The summed E-state index contributed by atoms with van der Waals surface area (Å²) < 4.78 is 17.5. The number of carbonyl (C=O) groups excluding carboxylic acids is 1. The minimum absolute atomic E-state index is 0.226. The number of ether oxygens (including phenoxy) is 3. The topological polar surface area (TPSA) is 60.0 Å². The highest BCUT2D eigenvalue weighted by Crippen LogP contribution is 2.49. The molecule has 2 atom stereocenters. The first kappa shape index (κ1) is 16.8. The van der Waals surface area contributed by atoms with Crippen LogP contribution in [-0.2, 0) is 0 Å². The van der Waals surface area contributed by atoms with Crippen molar-refractivity contribution in [2.24, 2.45) is 0 Å². The Bertz CT molecular complexity index is 967. The van der Waals surface area contributed by atoms with Gasteiger partial charge in [-0.2, -0.15) is 0 Å². The Morgan fingerprint density at radius 1 is 1.15 bits per heavy atom. The van der Waals surface area contributed by atoms with Gasteiger partial charge in [0.1, 0.15) is 19.0 Å². The molecule has 1 N–H and O–H groups in total. The smallest absolute Gasteiger partial charge is 0.325 e. The highest BCUT2D eigenvalue weighted by atomic mass is 35.5. The first-order valence-electron chi connectivity index (χ1n) is 8.63. The second kappa shape index (κ2) is 5.84. The average Bonchev–Trinajstić information content (AvgIpc) is 2.62. The van der Waals surface area contributed by atoms with Gasteiger partial charge in [0.2, 0.25) is 0 Å². The number of anilines is 1. The molecule has 3 aliphatic rings. The number of fused-ring (bicyclic) bond motifs is 5. The third-order valence-corrected chi connectivity index (χ3v) is 5.57. The van der Waals surface area contributed by atoms with E-state index in [9.17, 15) is 4.79 Å². The van der Waals surface area contributed by atoms with E-state index in [0.29, 0.717) is 52.6 Å². The van der Waals surface area contributed by atoms with Crippen molar-refractivity contribution in [2.75, 3.05) is 18.1 Å². The lowest BCUT2D eigenvalue weighted by atomic mass is 9.90. The van der Waals surface area contributed by atoms with Gasteiger partial charge in [0, 0.05) is 23.1 Å². The molecule has 0 spiro atoms. The van der Waals surface area contributed by atoms with Crippen LogP contribution >= 0.6 is 23.2 Å². The molecule has 1 fully saturated rings. The van der Waals surface area contributed by atoms with Crippen LogP contribution in [0.25, 0.3) is 0 Å². The van der Waals surface area contributed by atoms with Gasteiger partial charge in [0.05, 0.1) is 16.8 Å². The molecule has 2 aromatic carbocycles. The standard InChI is InChI=1S/C19H16Cl2N2O4/c1-19-9-14(12-6-10(20)7-13(21)17(12)27-19)22-18(24)23(19)11-2-3-15-16(8-11)26-5-4-25-15/h2-3,6-8,14H,4-5,9H2,1H3,(H,22,24). The monoisotopic (exact) mass is 406 g/mol. The Hall–Kier alpha value is -2.31. The molecule has 2 amide bonds. The Morgan fingerprint density at radius 3 is 2.74 bits per heavy atom. The van der Waals surface area contributed by atoms with Crippen LogP contribution in [0.1, 0.15) is 24.9 Å². The minimum atomic E-state index is -0.902. The zero-order valence-electron chi connectivity index (χ0n) is 14.4. The predicted molar refractivity (Wildman–Crippen MR) is 101 cm³/mol. The molecule has 1 saturated heterocycles. The van der Waals surface area contributed by atoms with E-state index in [1.165, 1.54) is 0 Å². The van der Waals surface area contributed by atoms with Gasteiger partial charge < -0.3 is 19.5 Å². The second-order valence-corrected chi connectivity index (χ2v) is 7.80. The fraction of sp³-hybridized carbons (Fsp3) is 0.316. The van der Waals surface area contributed by atoms with E-state index in [1.54, 1.807) is 29.2 Å². The summed E-state index contributed by atoms with van der Waals surface area (Å²) in [5, 5.41) is 3.96. The van der Waals surface area contributed by atoms with Crippen LogP contribution in [0, 0.1) is 0 Å². The van der Waals surface area contributed by atoms with E-state index in [1.807, 2.05) is 13.0 Å². The summed E-state index contributed by atoms with van der Waals surface area (Å²) in [4.78, 5) is 14.6. The number of halogens is 2. The predicted octanol–water partition coefficient (Wildman–Crippen LogP) is 4.53. The van der Waals surface area contributed by atoms with Crippen LogP contribution in [0.4, 0.5) is 10.5 Å². The van der Waals surface area contributed by atoms with Crippen LogP contribution in [0.2, 0.25) is 10.0 Å². The molecule has 3 aliphatic heterocycles. The van der Waals surface area contributed by atoms with Crippen molar-refractivity contribution in [1.82, 2.24) is 5.32 Å². The quantitative estimate of drug-likeness (QED) is 0.755. The Balaban J connectivity index is 1.59. The first-order valence-corrected chi connectivity index (χ1v) is 9.38. The van der Waals surface area contributed by atoms with Gasteiger partial charge in [-0.15, -0.1) is 0 Å². The number of benzene rings is 2. The average molecular weight is 407 g/mol. The van der Waals surface area contributed by atoms with Crippen molar-refractivity contribution in [3.05, 3.63) is 45.9 Å². The van der Waals surface area contributed by atoms with E-state index < -0.39 is 5.72 Å². The van der Waals surface area contributed by atoms with Gasteiger partial charge in [-0.3, -0.25) is 4.90 Å². The van der Waals surface area contributed by atoms with Gasteiger partial charge >= 0.3 is 6.03 Å². The third-order valence-electron chi connectivity index (χ3n) is 5.08. The van der Waals surface area contributed by atoms with Crippen molar-refractivity contribution in [3.63, 3.8) is 0 Å². The van der Waals surface area contributed by atoms with Gasteiger partial charge in [0.25, 0.3) is 0 Å². The molecule has 8 heteroatoms. The summed E-state index contributed by atoms with van der Waals surface area (Å²) >= 11 is 12.5. The maximum absolute atomic E-state index is 13.0. The molecule has 0 radical (unpaired) electrons. The maximum atomic E-state index is 13.0. The summed E-state index contributed by atoms with van der Waals surface area (Å²) in [6.45, 7) is 2.86. The summed E-state index contributed by atoms with van der Waals surface area (Å²) in [5.41, 5.74) is 0.549. The number of nitrogens with zero attached hydrogens (tertiary/aromatic N) is 1. The van der Waals surface area contributed by atoms with E-state index in [0.717, 1.165) is 5.56 Å². The molecule has 140 valence electrons. The van der Waals surface area contributed by atoms with Crippen LogP contribution in [0.3, 0.4) is 0 Å². The van der Waals surface area contributed by atoms with Crippen LogP contribution < -0.4 is 24.4 Å². The minimum Gasteiger partial charge on any atom is -0.486 e. The van der Waals surface area contributed by atoms with Crippen molar-refractivity contribution in [1.29, 1.82) is 0 Å². The largest absolute Gasteiger partial charge is 0.486 e. The summed E-state index contributed by atoms with van der Waals surface area (Å²) in [7, 11) is 0. The van der Waals surface area contributed by atoms with Crippen molar-refractivity contribution in [2.45, 2.75) is 25.1 Å². The lowest BCUT2D eigenvalue weighted by molar-refractivity contribution is 0.0379. The second-order valence-electron chi connectivity index (χ2n) is 6.95. The lowest BCUT2D eigenvalue weighted by Crippen LogP contribution is -2.65. The molecule has 27 heavy (non-hydrogen) atoms. The first-order chi connectivity index (χ1) is 12.9. The molecule has 5 rings (SSSR count).